The van der Waals surface area contributed by atoms with E-state index in [9.17, 15) is 0 Å². The van der Waals surface area contributed by atoms with Crippen LogP contribution in [0.5, 0.6) is 0 Å². The highest BCUT2D eigenvalue weighted by atomic mass is 35.5. The second-order valence-corrected chi connectivity index (χ2v) is 3.88. The molecule has 0 heterocycles. The molecule has 81 valence electrons. The van der Waals surface area contributed by atoms with Crippen LogP contribution in [0, 0.1) is 6.07 Å². The summed E-state index contributed by atoms with van der Waals surface area (Å²) in [7, 11) is 0. The third-order valence-corrected chi connectivity index (χ3v) is 2.60. The Morgan fingerprint density at radius 3 is 2.81 bits per heavy atom. The fourth-order valence-corrected chi connectivity index (χ4v) is 1.51. The van der Waals surface area contributed by atoms with Gasteiger partial charge in [-0.3, -0.25) is 0 Å². The minimum atomic E-state index is 0.580. The molecule has 0 aliphatic heterocycles. The lowest BCUT2D eigenvalue weighted by Gasteiger charge is -2.07. The zero-order chi connectivity index (χ0) is 11.4. The summed E-state index contributed by atoms with van der Waals surface area (Å²) in [6, 6.07) is 16.5. The molecule has 0 aromatic heterocycles. The first-order chi connectivity index (χ1) is 7.75. The molecule has 0 aliphatic carbocycles. The molecule has 0 amide bonds. The van der Waals surface area contributed by atoms with Gasteiger partial charge >= 0.3 is 0 Å². The maximum absolute atomic E-state index is 5.84. The van der Waals surface area contributed by atoms with Gasteiger partial charge in [0.05, 0.1) is 10.7 Å². The van der Waals surface area contributed by atoms with Crippen LogP contribution in [0.2, 0.25) is 5.02 Å². The average molecular weight is 232 g/mol. The predicted octanol–water partition coefficient (Wildman–Crippen LogP) is 3.33. The highest BCUT2D eigenvalue weighted by molar-refractivity contribution is 6.33. The Balaban J connectivity index is 2.03. The van der Waals surface area contributed by atoms with Gasteiger partial charge in [-0.05, 0) is 29.8 Å². The molecule has 3 heteroatoms. The molecule has 16 heavy (non-hydrogen) atoms. The second kappa shape index (κ2) is 4.90. The van der Waals surface area contributed by atoms with E-state index >= 15 is 0 Å². The molecule has 2 aromatic rings. The summed E-state index contributed by atoms with van der Waals surface area (Å²) in [4.78, 5) is 0. The molecule has 0 bridgehead atoms. The Morgan fingerprint density at radius 1 is 1.25 bits per heavy atom. The van der Waals surface area contributed by atoms with Crippen molar-refractivity contribution in [2.75, 3.05) is 11.1 Å². The third-order valence-electron chi connectivity index (χ3n) is 2.25. The van der Waals surface area contributed by atoms with Gasteiger partial charge in [0.2, 0.25) is 0 Å². The highest BCUT2D eigenvalue weighted by Gasteiger charge is 1.98. The number of nitrogens with one attached hydrogen (secondary N) is 1. The summed E-state index contributed by atoms with van der Waals surface area (Å²) in [6.07, 6.45) is 0. The molecule has 2 nitrogen and oxygen atoms in total. The van der Waals surface area contributed by atoms with Gasteiger partial charge in [-0.25, -0.2) is 0 Å². The van der Waals surface area contributed by atoms with E-state index in [0.717, 1.165) is 17.8 Å². The summed E-state index contributed by atoms with van der Waals surface area (Å²) < 4.78 is 0. The fraction of sp³-hybridized carbons (Fsp3) is 0.0769. The monoisotopic (exact) mass is 231 g/mol. The van der Waals surface area contributed by atoms with Crippen molar-refractivity contribution in [2.24, 2.45) is 0 Å². The minimum Gasteiger partial charge on any atom is -0.397 e. The number of anilines is 2. The van der Waals surface area contributed by atoms with E-state index in [1.54, 1.807) is 6.07 Å². The first-order valence-corrected chi connectivity index (χ1v) is 5.38. The Kier molecular flexibility index (Phi) is 3.32. The molecule has 0 atom stereocenters. The molecule has 1 radical (unpaired) electrons. The number of halogens is 1. The molecule has 0 unspecified atom stereocenters. The quantitative estimate of drug-likeness (QED) is 0.796. The lowest BCUT2D eigenvalue weighted by molar-refractivity contribution is 1.15. The summed E-state index contributed by atoms with van der Waals surface area (Å²) >= 11 is 5.84. The molecule has 2 rings (SSSR count). The van der Waals surface area contributed by atoms with Crippen LogP contribution in [-0.4, -0.2) is 0 Å². The predicted molar refractivity (Wildman–Crippen MR) is 68.5 cm³/mol. The zero-order valence-electron chi connectivity index (χ0n) is 8.70. The Bertz CT molecular complexity index is 469. The third kappa shape index (κ3) is 2.67. The molecule has 0 spiro atoms. The lowest BCUT2D eigenvalue weighted by Crippen LogP contribution is -2.00. The number of nitrogens with two attached hydrogens (primary N) is 1. The van der Waals surface area contributed by atoms with Crippen LogP contribution in [0.3, 0.4) is 0 Å². The van der Waals surface area contributed by atoms with Gasteiger partial charge in [0.1, 0.15) is 0 Å². The maximum atomic E-state index is 5.84. The van der Waals surface area contributed by atoms with Gasteiger partial charge in [-0.15, -0.1) is 0 Å². The smallest absolute Gasteiger partial charge is 0.0636 e. The average Bonchev–Trinajstić information content (AvgIpc) is 2.32. The summed E-state index contributed by atoms with van der Waals surface area (Å²) in [5.74, 6) is 0. The van der Waals surface area contributed by atoms with Crippen LogP contribution in [-0.2, 0) is 6.54 Å². The Morgan fingerprint density at radius 2 is 2.12 bits per heavy atom. The normalized spacial score (nSPS) is 10.1. The number of hydrogen-bond donors (Lipinski definition) is 2. The standard InChI is InChI=1S/C13H12ClN2/c14-12-7-6-11(8-13(12)15)16-9-10-4-2-1-3-5-10/h1-4,6-8,16H,9,15H2. The van der Waals surface area contributed by atoms with Crippen molar-refractivity contribution in [1.82, 2.24) is 0 Å². The molecular formula is C13H12ClN2. The van der Waals surface area contributed by atoms with E-state index < -0.39 is 0 Å². The van der Waals surface area contributed by atoms with E-state index in [1.807, 2.05) is 36.4 Å². The lowest BCUT2D eigenvalue weighted by atomic mass is 10.2. The summed E-state index contributed by atoms with van der Waals surface area (Å²) in [6.45, 7) is 0.724. The minimum absolute atomic E-state index is 0.580. The van der Waals surface area contributed by atoms with E-state index in [1.165, 1.54) is 0 Å². The van der Waals surface area contributed by atoms with Gasteiger partial charge in [0, 0.05) is 12.2 Å². The number of benzene rings is 2. The van der Waals surface area contributed by atoms with Gasteiger partial charge in [0.25, 0.3) is 0 Å². The van der Waals surface area contributed by atoms with Gasteiger partial charge in [0.15, 0.2) is 0 Å². The second-order valence-electron chi connectivity index (χ2n) is 3.48. The van der Waals surface area contributed by atoms with E-state index in [-0.39, 0.29) is 0 Å². The van der Waals surface area contributed by atoms with Crippen molar-refractivity contribution in [1.29, 1.82) is 0 Å². The number of hydrogen-bond acceptors (Lipinski definition) is 2. The van der Waals surface area contributed by atoms with Crippen LogP contribution in [0.25, 0.3) is 0 Å². The van der Waals surface area contributed by atoms with Crippen LogP contribution < -0.4 is 11.1 Å². The van der Waals surface area contributed by atoms with Crippen molar-refractivity contribution >= 4 is 23.0 Å². The number of rotatable bonds is 3. The first kappa shape index (κ1) is 10.8. The first-order valence-electron chi connectivity index (χ1n) is 5.00. The van der Waals surface area contributed by atoms with Crippen LogP contribution >= 0.6 is 11.6 Å². The SMILES string of the molecule is Nc1cc(NCc2[c]cccc2)ccc1Cl. The molecule has 0 saturated carbocycles. The molecule has 0 fully saturated rings. The van der Waals surface area contributed by atoms with E-state index in [4.69, 9.17) is 17.3 Å². The highest BCUT2D eigenvalue weighted by Crippen LogP contribution is 2.22. The molecule has 3 N–H and O–H groups in total. The van der Waals surface area contributed by atoms with Crippen LogP contribution in [0.1, 0.15) is 5.56 Å². The van der Waals surface area contributed by atoms with Crippen molar-refractivity contribution in [2.45, 2.75) is 6.54 Å². The molecular weight excluding hydrogens is 220 g/mol. The van der Waals surface area contributed by atoms with Crippen LogP contribution in [0.4, 0.5) is 11.4 Å². The summed E-state index contributed by atoms with van der Waals surface area (Å²) in [5, 5.41) is 3.84. The maximum Gasteiger partial charge on any atom is 0.0636 e. The van der Waals surface area contributed by atoms with Crippen molar-refractivity contribution in [3.63, 3.8) is 0 Å². The van der Waals surface area contributed by atoms with Gasteiger partial charge < -0.3 is 11.1 Å². The number of nitrogen functional groups attached to an aromatic ring is 1. The Labute approximate surface area is 100 Å². The largest absolute Gasteiger partial charge is 0.397 e. The van der Waals surface area contributed by atoms with Crippen molar-refractivity contribution in [3.05, 3.63) is 59.1 Å². The van der Waals surface area contributed by atoms with Gasteiger partial charge in [-0.2, -0.15) is 0 Å². The van der Waals surface area contributed by atoms with Crippen LogP contribution in [0.15, 0.2) is 42.5 Å². The molecule has 2 aromatic carbocycles. The van der Waals surface area contributed by atoms with Gasteiger partial charge in [-0.1, -0.05) is 35.9 Å². The fourth-order valence-electron chi connectivity index (χ4n) is 1.39. The molecule has 0 saturated heterocycles. The van der Waals surface area contributed by atoms with E-state index in [0.29, 0.717) is 10.7 Å². The zero-order valence-corrected chi connectivity index (χ0v) is 9.46. The van der Waals surface area contributed by atoms with Crippen molar-refractivity contribution in [3.8, 4) is 0 Å². The molecule has 0 aliphatic rings. The Hall–Kier alpha value is -1.67. The topological polar surface area (TPSA) is 38.0 Å². The van der Waals surface area contributed by atoms with E-state index in [2.05, 4.69) is 11.4 Å². The van der Waals surface area contributed by atoms with Crippen molar-refractivity contribution < 1.29 is 0 Å². The summed E-state index contributed by atoms with van der Waals surface area (Å²) in [5.41, 5.74) is 8.36.